The molecule has 1 aliphatic carbocycles. The fourth-order valence-corrected chi connectivity index (χ4v) is 10.9. The van der Waals surface area contributed by atoms with E-state index in [9.17, 15) is 0 Å². The second-order valence-electron chi connectivity index (χ2n) is 18.0. The summed E-state index contributed by atoms with van der Waals surface area (Å²) in [4.78, 5) is 25.3. The van der Waals surface area contributed by atoms with Gasteiger partial charge in [0.15, 0.2) is 0 Å². The normalized spacial score (nSPS) is 13.2. The van der Waals surface area contributed by atoms with Gasteiger partial charge in [-0.05, 0) is 132 Å². The van der Waals surface area contributed by atoms with Gasteiger partial charge in [-0.1, -0.05) is 123 Å². The van der Waals surface area contributed by atoms with E-state index in [1.165, 1.54) is 65.3 Å². The van der Waals surface area contributed by atoms with E-state index in [1.807, 2.05) is 24.5 Å². The zero-order valence-corrected chi connectivity index (χ0v) is 35.6. The molecular formula is C60H37N5. The van der Waals surface area contributed by atoms with E-state index in [0.29, 0.717) is 0 Å². The van der Waals surface area contributed by atoms with Gasteiger partial charge in [0, 0.05) is 50.5 Å². The summed E-state index contributed by atoms with van der Waals surface area (Å²) in [6.07, 6.45) is 3.70. The lowest BCUT2D eigenvalue weighted by atomic mass is 9.81. The number of hydrogen-bond donors (Lipinski definition) is 0. The smallest absolute Gasteiger partial charge is 0.0979 e. The van der Waals surface area contributed by atoms with Crippen LogP contribution in [0.3, 0.4) is 0 Å². The van der Waals surface area contributed by atoms with Crippen LogP contribution in [-0.2, 0) is 5.41 Å². The van der Waals surface area contributed by atoms with Gasteiger partial charge in [-0.25, -0.2) is 15.0 Å². The lowest BCUT2D eigenvalue weighted by molar-refractivity contribution is 0.661. The summed E-state index contributed by atoms with van der Waals surface area (Å²) in [5.74, 6) is 0. The summed E-state index contributed by atoms with van der Waals surface area (Å²) in [5.41, 5.74) is 14.4. The second-order valence-corrected chi connectivity index (χ2v) is 18.0. The summed E-state index contributed by atoms with van der Waals surface area (Å²) in [6.45, 7) is 4.72. The Morgan fingerprint density at radius 2 is 0.831 bits per heavy atom. The van der Waals surface area contributed by atoms with Crippen molar-refractivity contribution in [1.82, 2.24) is 24.9 Å². The zero-order valence-electron chi connectivity index (χ0n) is 35.6. The van der Waals surface area contributed by atoms with Crippen molar-refractivity contribution in [3.05, 3.63) is 199 Å². The van der Waals surface area contributed by atoms with Gasteiger partial charge in [0.05, 0.1) is 44.8 Å². The molecule has 5 heteroatoms. The molecule has 0 radical (unpaired) electrons. The third-order valence-electron chi connectivity index (χ3n) is 14.1. The lowest BCUT2D eigenvalue weighted by Gasteiger charge is -2.22. The third-order valence-corrected chi connectivity index (χ3v) is 14.1. The zero-order chi connectivity index (χ0) is 43.0. The Hall–Kier alpha value is -8.41. The maximum Gasteiger partial charge on any atom is 0.0979 e. The molecule has 0 atom stereocenters. The topological polar surface area (TPSA) is 64.5 Å². The summed E-state index contributed by atoms with van der Waals surface area (Å²) < 4.78 is 0. The number of benzene rings is 8. The molecule has 65 heavy (non-hydrogen) atoms. The van der Waals surface area contributed by atoms with E-state index in [-0.39, 0.29) is 5.41 Å². The number of aromatic nitrogens is 5. The quantitative estimate of drug-likeness (QED) is 0.166. The Morgan fingerprint density at radius 1 is 0.308 bits per heavy atom. The van der Waals surface area contributed by atoms with Gasteiger partial charge >= 0.3 is 0 Å². The Kier molecular flexibility index (Phi) is 7.39. The average molecular weight is 828 g/mol. The van der Waals surface area contributed by atoms with Gasteiger partial charge in [0.2, 0.25) is 0 Å². The van der Waals surface area contributed by atoms with Crippen LogP contribution in [0.2, 0.25) is 0 Å². The standard InChI is InChI=1S/C60H37N5/c1-60(2)50-25-21-37(53-26-22-35-19-18-34-10-8-28-61-56(34)57(35)64-53)31-48(50)49-32-46-41-14-6-5-13-40(41)45-30-36(20-23-42(45)47(46)33-51(49)60)52-16-7-17-54(63-52)55-27-24-44-39-12-4-3-11-38(39)43-15-9-29-62-58(43)59(44)65-55/h3-33H,1-2H3. The van der Waals surface area contributed by atoms with Gasteiger partial charge in [-0.15, -0.1) is 0 Å². The van der Waals surface area contributed by atoms with Gasteiger partial charge in [0.1, 0.15) is 0 Å². The molecule has 5 heterocycles. The van der Waals surface area contributed by atoms with Gasteiger partial charge < -0.3 is 0 Å². The number of nitrogens with zero attached hydrogens (tertiary/aromatic N) is 5. The third kappa shape index (κ3) is 5.24. The molecule has 5 nitrogen and oxygen atoms in total. The molecule has 13 aromatic rings. The monoisotopic (exact) mass is 827 g/mol. The van der Waals surface area contributed by atoms with Crippen LogP contribution in [0.15, 0.2) is 188 Å². The number of rotatable bonds is 3. The van der Waals surface area contributed by atoms with E-state index in [4.69, 9.17) is 24.9 Å². The molecule has 0 fully saturated rings. The predicted octanol–water partition coefficient (Wildman–Crippen LogP) is 15.2. The minimum Gasteiger partial charge on any atom is -0.254 e. The maximum atomic E-state index is 5.27. The van der Waals surface area contributed by atoms with Crippen molar-refractivity contribution in [1.29, 1.82) is 0 Å². The lowest BCUT2D eigenvalue weighted by Crippen LogP contribution is -2.14. The first-order valence-corrected chi connectivity index (χ1v) is 22.2. The van der Waals surface area contributed by atoms with Crippen molar-refractivity contribution in [3.8, 4) is 45.0 Å². The minimum atomic E-state index is -0.192. The molecule has 0 N–H and O–H groups in total. The molecule has 14 rings (SSSR count). The Bertz CT molecular complexity index is 4190. The number of fused-ring (bicyclic) bond motifs is 18. The highest BCUT2D eigenvalue weighted by Gasteiger charge is 2.36. The molecule has 0 bridgehead atoms. The van der Waals surface area contributed by atoms with Crippen molar-refractivity contribution in [3.63, 3.8) is 0 Å². The van der Waals surface area contributed by atoms with Crippen molar-refractivity contribution in [2.75, 3.05) is 0 Å². The van der Waals surface area contributed by atoms with Crippen molar-refractivity contribution >= 4 is 86.7 Å². The van der Waals surface area contributed by atoms with Gasteiger partial charge in [-0.3, -0.25) is 9.97 Å². The molecule has 0 saturated heterocycles. The Balaban J connectivity index is 0.897. The summed E-state index contributed by atoms with van der Waals surface area (Å²) in [6, 6.07) is 63.4. The van der Waals surface area contributed by atoms with Crippen LogP contribution in [0.5, 0.6) is 0 Å². The number of hydrogen-bond acceptors (Lipinski definition) is 5. The fraction of sp³-hybridized carbons (Fsp3) is 0.0500. The van der Waals surface area contributed by atoms with Gasteiger partial charge in [-0.2, -0.15) is 0 Å². The second kappa shape index (κ2) is 13.3. The van der Waals surface area contributed by atoms with Crippen LogP contribution < -0.4 is 0 Å². The minimum absolute atomic E-state index is 0.192. The first-order chi connectivity index (χ1) is 32.0. The highest BCUT2D eigenvalue weighted by molar-refractivity contribution is 6.27. The largest absolute Gasteiger partial charge is 0.254 e. The molecule has 1 aliphatic rings. The van der Waals surface area contributed by atoms with Crippen molar-refractivity contribution in [2.24, 2.45) is 0 Å². The van der Waals surface area contributed by atoms with Crippen LogP contribution in [0, 0.1) is 0 Å². The van der Waals surface area contributed by atoms with E-state index >= 15 is 0 Å². The molecule has 0 spiro atoms. The highest BCUT2D eigenvalue weighted by Crippen LogP contribution is 2.52. The summed E-state index contributed by atoms with van der Waals surface area (Å²) >= 11 is 0. The molecular weight excluding hydrogens is 791 g/mol. The Morgan fingerprint density at radius 3 is 1.65 bits per heavy atom. The molecule has 302 valence electrons. The van der Waals surface area contributed by atoms with Gasteiger partial charge in [0.25, 0.3) is 0 Å². The molecule has 5 aromatic heterocycles. The van der Waals surface area contributed by atoms with E-state index in [0.717, 1.165) is 77.5 Å². The van der Waals surface area contributed by atoms with Crippen LogP contribution in [0.25, 0.3) is 132 Å². The molecule has 0 aliphatic heterocycles. The first-order valence-electron chi connectivity index (χ1n) is 22.2. The average Bonchev–Trinajstić information content (AvgIpc) is 3.59. The fourth-order valence-electron chi connectivity index (χ4n) is 10.9. The summed E-state index contributed by atoms with van der Waals surface area (Å²) in [7, 11) is 0. The first kappa shape index (κ1) is 36.1. The van der Waals surface area contributed by atoms with Crippen LogP contribution in [-0.4, -0.2) is 24.9 Å². The highest BCUT2D eigenvalue weighted by atomic mass is 14.8. The summed E-state index contributed by atoms with van der Waals surface area (Å²) in [5, 5.41) is 14.2. The molecule has 8 aromatic carbocycles. The van der Waals surface area contributed by atoms with E-state index < -0.39 is 0 Å². The van der Waals surface area contributed by atoms with E-state index in [2.05, 4.69) is 178 Å². The van der Waals surface area contributed by atoms with E-state index in [1.54, 1.807) is 0 Å². The number of pyridine rings is 5. The maximum absolute atomic E-state index is 5.27. The predicted molar refractivity (Wildman–Crippen MR) is 269 cm³/mol. The molecule has 0 amide bonds. The SMILES string of the molecule is CC1(C)c2ccc(-c3ccc4ccc5cccnc5c4n3)cc2-c2cc3c4ccccc4c4cc(-c5cccc(-c6ccc7c8ccccc8c8cccnc8c7n6)n5)ccc4c3cc21. The molecule has 0 unspecified atom stereocenters. The van der Waals surface area contributed by atoms with Crippen LogP contribution >= 0.6 is 0 Å². The van der Waals surface area contributed by atoms with Crippen molar-refractivity contribution in [2.45, 2.75) is 19.3 Å². The van der Waals surface area contributed by atoms with Crippen molar-refractivity contribution < 1.29 is 0 Å². The van der Waals surface area contributed by atoms with Crippen LogP contribution in [0.4, 0.5) is 0 Å². The van der Waals surface area contributed by atoms with Crippen LogP contribution in [0.1, 0.15) is 25.0 Å². The Labute approximate surface area is 373 Å². The molecule has 0 saturated carbocycles.